The number of benzene rings is 3. The first kappa shape index (κ1) is 22.2. The van der Waals surface area contributed by atoms with Crippen LogP contribution in [0.5, 0.6) is 0 Å². The van der Waals surface area contributed by atoms with Gasteiger partial charge in [0, 0.05) is 0 Å². The Morgan fingerprint density at radius 1 is 0.688 bits per heavy atom. The van der Waals surface area contributed by atoms with Crippen LogP contribution in [-0.4, -0.2) is 24.9 Å². The molecule has 0 N–H and O–H groups in total. The number of rotatable bonds is 10. The van der Waals surface area contributed by atoms with E-state index in [1.54, 1.807) is 0 Å². The smallest absolute Gasteiger partial charge is 0.156 e. The highest BCUT2D eigenvalue weighted by Crippen LogP contribution is 2.31. The van der Waals surface area contributed by atoms with Gasteiger partial charge in [-0.05, 0) is 16.7 Å². The lowest BCUT2D eigenvalue weighted by molar-refractivity contribution is -0.0894. The first-order chi connectivity index (χ1) is 15.8. The molecule has 1 saturated heterocycles. The molecule has 3 atom stereocenters. The van der Waals surface area contributed by atoms with Crippen LogP contribution in [0.1, 0.15) is 16.7 Å². The third kappa shape index (κ3) is 6.04. The highest BCUT2D eigenvalue weighted by Gasteiger charge is 2.44. The van der Waals surface area contributed by atoms with Crippen LogP contribution < -0.4 is 0 Å². The van der Waals surface area contributed by atoms with Crippen molar-refractivity contribution in [3.05, 3.63) is 120 Å². The summed E-state index contributed by atoms with van der Waals surface area (Å²) in [4.78, 5) is 0. The fourth-order valence-electron chi connectivity index (χ4n) is 3.65. The molecular weight excluding hydrogens is 407 g/mol. The molecule has 1 aliphatic heterocycles. The summed E-state index contributed by atoms with van der Waals surface area (Å²) in [5.41, 5.74) is 3.08. The van der Waals surface area contributed by atoms with E-state index in [9.17, 15) is 4.39 Å². The molecule has 0 saturated carbocycles. The summed E-state index contributed by atoms with van der Waals surface area (Å²) in [5, 5.41) is 0. The monoisotopic (exact) mass is 434 g/mol. The molecule has 0 spiro atoms. The minimum Gasteiger partial charge on any atom is -0.484 e. The van der Waals surface area contributed by atoms with Crippen molar-refractivity contribution in [1.82, 2.24) is 0 Å². The number of halogens is 1. The van der Waals surface area contributed by atoms with Crippen LogP contribution in [0.3, 0.4) is 0 Å². The average Bonchev–Trinajstić information content (AvgIpc) is 3.19. The quantitative estimate of drug-likeness (QED) is 0.417. The predicted octanol–water partition coefficient (Wildman–Crippen LogP) is 5.58. The maximum Gasteiger partial charge on any atom is 0.156 e. The van der Waals surface area contributed by atoms with Gasteiger partial charge in [-0.3, -0.25) is 0 Å². The van der Waals surface area contributed by atoms with Crippen LogP contribution in [0.2, 0.25) is 0 Å². The van der Waals surface area contributed by atoms with Crippen molar-refractivity contribution in [2.24, 2.45) is 0 Å². The molecule has 4 rings (SSSR count). The zero-order valence-corrected chi connectivity index (χ0v) is 17.8. The van der Waals surface area contributed by atoms with E-state index < -0.39 is 18.3 Å². The van der Waals surface area contributed by atoms with Crippen molar-refractivity contribution >= 4 is 0 Å². The Labute approximate surface area is 188 Å². The second-order valence-corrected chi connectivity index (χ2v) is 7.65. The van der Waals surface area contributed by atoms with Crippen molar-refractivity contribution in [3.8, 4) is 0 Å². The molecule has 4 nitrogen and oxygen atoms in total. The fraction of sp³-hybridized carbons (Fsp3) is 0.259. The molecule has 0 aromatic heterocycles. The first-order valence-corrected chi connectivity index (χ1v) is 10.7. The summed E-state index contributed by atoms with van der Waals surface area (Å²) >= 11 is 0. The minimum atomic E-state index is -0.658. The van der Waals surface area contributed by atoms with Gasteiger partial charge in [-0.25, -0.2) is 4.39 Å². The number of hydrogen-bond donors (Lipinski definition) is 0. The van der Waals surface area contributed by atoms with Gasteiger partial charge in [-0.15, -0.1) is 0 Å². The molecule has 3 aromatic carbocycles. The fourth-order valence-corrected chi connectivity index (χ4v) is 3.65. The molecular formula is C27H27FO4. The van der Waals surface area contributed by atoms with Crippen LogP contribution in [0.25, 0.3) is 0 Å². The third-order valence-corrected chi connectivity index (χ3v) is 5.29. The van der Waals surface area contributed by atoms with Gasteiger partial charge in [-0.2, -0.15) is 0 Å². The van der Waals surface area contributed by atoms with Gasteiger partial charge < -0.3 is 18.9 Å². The average molecular weight is 435 g/mol. The Hall–Kier alpha value is -2.99. The number of hydrogen-bond acceptors (Lipinski definition) is 4. The zero-order valence-electron chi connectivity index (χ0n) is 17.8. The minimum absolute atomic E-state index is 0.132. The van der Waals surface area contributed by atoms with E-state index in [4.69, 9.17) is 18.9 Å². The summed E-state index contributed by atoms with van der Waals surface area (Å²) in [5.74, 6) is 0.132. The van der Waals surface area contributed by atoms with Gasteiger partial charge >= 0.3 is 0 Å². The lowest BCUT2D eigenvalue weighted by Gasteiger charge is -2.22. The second kappa shape index (κ2) is 11.6. The number of ether oxygens (including phenoxy) is 4. The Bertz CT molecular complexity index is 963. The molecule has 0 bridgehead atoms. The van der Waals surface area contributed by atoms with E-state index in [1.807, 2.05) is 91.0 Å². The highest BCUT2D eigenvalue weighted by molar-refractivity contribution is 5.17. The lowest BCUT2D eigenvalue weighted by Crippen LogP contribution is -2.37. The summed E-state index contributed by atoms with van der Waals surface area (Å²) in [6.45, 7) is 1.40. The molecule has 0 unspecified atom stereocenters. The highest BCUT2D eigenvalue weighted by atomic mass is 19.1. The largest absolute Gasteiger partial charge is 0.484 e. The van der Waals surface area contributed by atoms with E-state index in [-0.39, 0.29) is 12.4 Å². The molecule has 5 heteroatoms. The first-order valence-electron chi connectivity index (χ1n) is 10.7. The standard InChI is InChI=1S/C27H27FO4/c28-16-24-26(30-18-22-12-6-2-7-13-22)27(31-19-23-14-8-3-9-15-23)25(32-24)20-29-17-21-10-4-1-5-11-21/h1-16,25-27H,17-20H2/b24-16-/t25-,26-,27-/m1/s1. The van der Waals surface area contributed by atoms with Gasteiger partial charge in [0.2, 0.25) is 0 Å². The van der Waals surface area contributed by atoms with Gasteiger partial charge in [0.25, 0.3) is 0 Å². The third-order valence-electron chi connectivity index (χ3n) is 5.29. The second-order valence-electron chi connectivity index (χ2n) is 7.65. The Morgan fingerprint density at radius 2 is 1.19 bits per heavy atom. The van der Waals surface area contributed by atoms with Gasteiger partial charge in [-0.1, -0.05) is 91.0 Å². The molecule has 0 radical (unpaired) electrons. The normalized spacial score (nSPS) is 21.5. The topological polar surface area (TPSA) is 36.9 Å². The lowest BCUT2D eigenvalue weighted by atomic mass is 10.1. The molecule has 1 heterocycles. The van der Waals surface area contributed by atoms with Gasteiger partial charge in [0.1, 0.15) is 18.5 Å². The maximum atomic E-state index is 13.7. The van der Waals surface area contributed by atoms with Crippen molar-refractivity contribution in [2.75, 3.05) is 6.61 Å². The van der Waals surface area contributed by atoms with Crippen LogP contribution in [0.4, 0.5) is 4.39 Å². The maximum absolute atomic E-state index is 13.7. The predicted molar refractivity (Wildman–Crippen MR) is 120 cm³/mol. The molecule has 166 valence electrons. The van der Waals surface area contributed by atoms with Gasteiger partial charge in [0.15, 0.2) is 11.9 Å². The molecule has 0 amide bonds. The van der Waals surface area contributed by atoms with Crippen molar-refractivity contribution in [3.63, 3.8) is 0 Å². The SMILES string of the molecule is F/C=C1\O[C@H](COCc2ccccc2)[C@@H](OCc2ccccc2)[C@@H]1OCc1ccccc1. The Morgan fingerprint density at radius 3 is 1.72 bits per heavy atom. The molecule has 3 aromatic rings. The zero-order chi connectivity index (χ0) is 22.0. The van der Waals surface area contributed by atoms with Crippen LogP contribution in [0.15, 0.2) is 103 Å². The molecule has 0 aliphatic carbocycles. The van der Waals surface area contributed by atoms with Crippen LogP contribution in [-0.2, 0) is 38.8 Å². The van der Waals surface area contributed by atoms with Crippen LogP contribution >= 0.6 is 0 Å². The van der Waals surface area contributed by atoms with E-state index in [2.05, 4.69) is 0 Å². The Balaban J connectivity index is 1.44. The summed E-state index contributed by atoms with van der Waals surface area (Å²) in [7, 11) is 0. The van der Waals surface area contributed by atoms with Crippen molar-refractivity contribution in [1.29, 1.82) is 0 Å². The summed E-state index contributed by atoms with van der Waals surface area (Å²) in [6, 6.07) is 29.5. The summed E-state index contributed by atoms with van der Waals surface area (Å²) < 4.78 is 37.7. The van der Waals surface area contributed by atoms with E-state index in [0.717, 1.165) is 16.7 Å². The Kier molecular flexibility index (Phi) is 8.04. The van der Waals surface area contributed by atoms with E-state index in [0.29, 0.717) is 26.2 Å². The molecule has 32 heavy (non-hydrogen) atoms. The van der Waals surface area contributed by atoms with E-state index >= 15 is 0 Å². The summed E-state index contributed by atoms with van der Waals surface area (Å²) in [6.07, 6.45) is -1.18. The van der Waals surface area contributed by atoms with Crippen LogP contribution in [0, 0.1) is 0 Å². The van der Waals surface area contributed by atoms with E-state index in [1.165, 1.54) is 0 Å². The van der Waals surface area contributed by atoms with Gasteiger partial charge in [0.05, 0.1) is 26.4 Å². The molecule has 1 aliphatic rings. The van der Waals surface area contributed by atoms with Crippen molar-refractivity contribution < 1.29 is 23.3 Å². The molecule has 1 fully saturated rings. The van der Waals surface area contributed by atoms with Crippen molar-refractivity contribution in [2.45, 2.75) is 38.1 Å².